The average molecular weight is 298 g/mol. The summed E-state index contributed by atoms with van der Waals surface area (Å²) in [5.41, 5.74) is 0. The number of benzene rings is 1. The van der Waals surface area contributed by atoms with Gasteiger partial charge in [-0.2, -0.15) is 0 Å². The third-order valence-electron chi connectivity index (χ3n) is 2.11. The van der Waals surface area contributed by atoms with Crippen molar-refractivity contribution in [2.24, 2.45) is 0 Å². The van der Waals surface area contributed by atoms with Gasteiger partial charge in [-0.1, -0.05) is 18.2 Å². The number of hydrogen-bond acceptors (Lipinski definition) is 4. The second kappa shape index (κ2) is 5.11. The van der Waals surface area contributed by atoms with Crippen molar-refractivity contribution in [3.8, 4) is 5.75 Å². The summed E-state index contributed by atoms with van der Waals surface area (Å²) in [5, 5.41) is 5.93. The zero-order chi connectivity index (χ0) is 14.0. The Morgan fingerprint density at radius 1 is 1.00 bits per heavy atom. The Labute approximate surface area is 102 Å². The van der Waals surface area contributed by atoms with Crippen molar-refractivity contribution in [3.63, 3.8) is 0 Å². The highest BCUT2D eigenvalue weighted by Gasteiger charge is 2.60. The fourth-order valence-electron chi connectivity index (χ4n) is 1.03. The molecule has 5 N–H and O–H groups in total. The Balaban J connectivity index is 2.96. The maximum absolute atomic E-state index is 11.0. The van der Waals surface area contributed by atoms with Gasteiger partial charge in [-0.15, -0.1) is 0 Å². The highest BCUT2D eigenvalue weighted by atomic mass is 31.2. The molecule has 8 nitrogen and oxygen atoms in total. The minimum atomic E-state index is -5.48. The van der Waals surface area contributed by atoms with Gasteiger partial charge in [-0.05, 0) is 12.1 Å². The van der Waals surface area contributed by atoms with Gasteiger partial charge in [0.2, 0.25) is 0 Å². The van der Waals surface area contributed by atoms with Crippen LogP contribution in [0.2, 0.25) is 0 Å². The van der Waals surface area contributed by atoms with Crippen LogP contribution in [-0.2, 0) is 9.13 Å². The molecule has 0 heterocycles. The van der Waals surface area contributed by atoms with Crippen LogP contribution in [0.4, 0.5) is 0 Å². The summed E-state index contributed by atoms with van der Waals surface area (Å²) in [5.74, 6) is 0.109. The number of ether oxygens (including phenoxy) is 1. The van der Waals surface area contributed by atoms with Gasteiger partial charge in [0.05, 0.1) is 0 Å². The molecule has 0 atom stereocenters. The Bertz CT molecular complexity index is 467. The van der Waals surface area contributed by atoms with Crippen LogP contribution >= 0.6 is 15.2 Å². The van der Waals surface area contributed by atoms with E-state index in [0.29, 0.717) is 0 Å². The molecule has 0 saturated heterocycles. The Morgan fingerprint density at radius 3 is 1.83 bits per heavy atom. The van der Waals surface area contributed by atoms with Gasteiger partial charge in [0.25, 0.3) is 0 Å². The second-order valence-electron chi connectivity index (χ2n) is 3.46. The van der Waals surface area contributed by atoms with E-state index in [1.807, 2.05) is 0 Å². The first kappa shape index (κ1) is 15.3. The van der Waals surface area contributed by atoms with Crippen LogP contribution in [0, 0.1) is 0 Å². The molecule has 0 amide bonds. The zero-order valence-corrected chi connectivity index (χ0v) is 10.7. The largest absolute Gasteiger partial charge is 0.489 e. The van der Waals surface area contributed by atoms with E-state index < -0.39 is 26.9 Å². The van der Waals surface area contributed by atoms with Crippen molar-refractivity contribution in [2.75, 3.05) is 6.61 Å². The second-order valence-corrected chi connectivity index (χ2v) is 7.47. The lowest BCUT2D eigenvalue weighted by molar-refractivity contribution is 0.0818. The highest BCUT2D eigenvalue weighted by molar-refractivity contribution is 7.72. The fraction of sp³-hybridized carbons (Fsp3) is 0.250. The molecular weight excluding hydrogens is 286 g/mol. The van der Waals surface area contributed by atoms with E-state index in [9.17, 15) is 14.2 Å². The van der Waals surface area contributed by atoms with E-state index in [1.54, 1.807) is 18.2 Å². The van der Waals surface area contributed by atoms with Crippen molar-refractivity contribution in [3.05, 3.63) is 30.3 Å². The molecular formula is C8H12O8P2. The molecule has 0 bridgehead atoms. The fourth-order valence-corrected chi connectivity index (χ4v) is 2.86. The van der Waals surface area contributed by atoms with Crippen molar-refractivity contribution in [2.45, 2.75) is 5.08 Å². The van der Waals surface area contributed by atoms with Gasteiger partial charge in [-0.3, -0.25) is 9.13 Å². The first-order chi connectivity index (χ1) is 8.08. The first-order valence-corrected chi connectivity index (χ1v) is 7.82. The molecule has 0 unspecified atom stereocenters. The molecule has 0 aliphatic carbocycles. The number of hydrogen-bond donors (Lipinski definition) is 5. The van der Waals surface area contributed by atoms with Gasteiger partial charge >= 0.3 is 20.3 Å². The van der Waals surface area contributed by atoms with Gasteiger partial charge in [0, 0.05) is 0 Å². The molecule has 0 saturated carbocycles. The van der Waals surface area contributed by atoms with Crippen LogP contribution in [-0.4, -0.2) is 36.4 Å². The molecule has 0 fully saturated rings. The summed E-state index contributed by atoms with van der Waals surface area (Å²) in [4.78, 5) is 35.4. The predicted octanol–water partition coefficient (Wildman–Crippen LogP) is 0.0669. The molecule has 0 aromatic heterocycles. The van der Waals surface area contributed by atoms with Crippen molar-refractivity contribution < 1.29 is 38.5 Å². The maximum atomic E-state index is 11.0. The van der Waals surface area contributed by atoms with Crippen molar-refractivity contribution >= 4 is 15.2 Å². The van der Waals surface area contributed by atoms with Gasteiger partial charge < -0.3 is 29.4 Å². The number of aliphatic hydroxyl groups is 1. The van der Waals surface area contributed by atoms with E-state index in [2.05, 4.69) is 0 Å². The molecule has 18 heavy (non-hydrogen) atoms. The lowest BCUT2D eigenvalue weighted by atomic mass is 10.3. The van der Waals surface area contributed by atoms with Crippen molar-refractivity contribution in [1.82, 2.24) is 0 Å². The van der Waals surface area contributed by atoms with Gasteiger partial charge in [0.15, 0.2) is 0 Å². The smallest absolute Gasteiger partial charge is 0.373 e. The molecule has 0 aliphatic rings. The van der Waals surface area contributed by atoms with E-state index in [0.717, 1.165) is 0 Å². The van der Waals surface area contributed by atoms with Crippen LogP contribution in [0.1, 0.15) is 0 Å². The maximum Gasteiger partial charge on any atom is 0.373 e. The van der Waals surface area contributed by atoms with Crippen LogP contribution < -0.4 is 4.74 Å². The first-order valence-electron chi connectivity index (χ1n) is 4.59. The quantitative estimate of drug-likeness (QED) is 0.480. The highest BCUT2D eigenvalue weighted by Crippen LogP contribution is 2.67. The van der Waals surface area contributed by atoms with Crippen LogP contribution in [0.5, 0.6) is 5.75 Å². The Morgan fingerprint density at radius 2 is 1.44 bits per heavy atom. The lowest BCUT2D eigenvalue weighted by Gasteiger charge is -2.28. The van der Waals surface area contributed by atoms with E-state index in [4.69, 9.17) is 24.3 Å². The van der Waals surface area contributed by atoms with Crippen LogP contribution in [0.25, 0.3) is 0 Å². The molecule has 0 aliphatic heterocycles. The van der Waals surface area contributed by atoms with Crippen LogP contribution in [0.3, 0.4) is 0 Å². The molecule has 0 radical (unpaired) electrons. The monoisotopic (exact) mass is 298 g/mol. The summed E-state index contributed by atoms with van der Waals surface area (Å²) in [6.45, 7) is -1.23. The summed E-state index contributed by atoms with van der Waals surface area (Å²) < 4.78 is 26.8. The van der Waals surface area contributed by atoms with E-state index >= 15 is 0 Å². The van der Waals surface area contributed by atoms with Gasteiger partial charge in [0.1, 0.15) is 12.4 Å². The summed E-state index contributed by atoms with van der Waals surface area (Å²) in [7, 11) is -11.0. The topological polar surface area (TPSA) is 145 Å². The zero-order valence-electron chi connectivity index (χ0n) is 8.95. The molecule has 10 heteroatoms. The molecule has 1 rings (SSSR count). The van der Waals surface area contributed by atoms with Crippen LogP contribution in [0.15, 0.2) is 30.3 Å². The molecule has 1 aromatic carbocycles. The molecule has 0 spiro atoms. The van der Waals surface area contributed by atoms with Crippen molar-refractivity contribution in [1.29, 1.82) is 0 Å². The van der Waals surface area contributed by atoms with Gasteiger partial charge in [-0.25, -0.2) is 0 Å². The molecule has 102 valence electrons. The predicted molar refractivity (Wildman–Crippen MR) is 61.0 cm³/mol. The normalized spacial score (nSPS) is 13.4. The minimum absolute atomic E-state index is 0.109. The minimum Gasteiger partial charge on any atom is -0.489 e. The number of para-hydroxylation sites is 1. The Hall–Kier alpha value is -0.720. The summed E-state index contributed by atoms with van der Waals surface area (Å²) in [6, 6.07) is 7.54. The summed E-state index contributed by atoms with van der Waals surface area (Å²) >= 11 is 0. The third-order valence-corrected chi connectivity index (χ3v) is 5.80. The lowest BCUT2D eigenvalue weighted by Crippen LogP contribution is -2.35. The summed E-state index contributed by atoms with van der Waals surface area (Å²) in [6.07, 6.45) is 0. The average Bonchev–Trinajstić information content (AvgIpc) is 2.24. The standard InChI is InChI=1S/C8H12O8P2/c9-8(17(10,11)12,18(13,14)15)6-16-7-4-2-1-3-5-7/h1-5,9H,6H2,(H2,10,11,12)(H2,13,14,15). The van der Waals surface area contributed by atoms with E-state index in [-0.39, 0.29) is 5.75 Å². The SMILES string of the molecule is O=P(O)(O)C(O)(COc1ccccc1)P(=O)(O)O. The van der Waals surface area contributed by atoms with E-state index in [1.165, 1.54) is 12.1 Å². The number of rotatable bonds is 5. The molecule has 1 aromatic rings. The third kappa shape index (κ3) is 3.18. The Kier molecular flexibility index (Phi) is 4.35.